The fraction of sp³-hybridized carbons (Fsp3) is 0.286. The summed E-state index contributed by atoms with van der Waals surface area (Å²) in [5.74, 6) is -0.522. The standard InChI is InChI=1S/C14H15N3O2/c15-14(18)13-9-12(16-19-13)10-3-5-11(6-4-10)17-7-1-2-8-17/h3-6,9H,1-2,7-8H2,(H2,15,18). The van der Waals surface area contributed by atoms with Crippen molar-refractivity contribution in [2.75, 3.05) is 18.0 Å². The molecule has 1 saturated heterocycles. The van der Waals surface area contributed by atoms with Crippen molar-refractivity contribution in [2.24, 2.45) is 5.73 Å². The zero-order valence-corrected chi connectivity index (χ0v) is 10.5. The predicted molar refractivity (Wildman–Crippen MR) is 71.9 cm³/mol. The summed E-state index contributed by atoms with van der Waals surface area (Å²) in [5, 5.41) is 3.85. The van der Waals surface area contributed by atoms with Gasteiger partial charge in [0.2, 0.25) is 5.76 Å². The first-order valence-electron chi connectivity index (χ1n) is 6.36. The lowest BCUT2D eigenvalue weighted by molar-refractivity contribution is 0.0965. The Balaban J connectivity index is 1.82. The Kier molecular flexibility index (Phi) is 2.95. The number of nitrogens with two attached hydrogens (primary N) is 1. The van der Waals surface area contributed by atoms with Gasteiger partial charge in [-0.1, -0.05) is 17.3 Å². The average molecular weight is 257 g/mol. The van der Waals surface area contributed by atoms with Gasteiger partial charge in [0.15, 0.2) is 0 Å². The molecule has 0 unspecified atom stereocenters. The van der Waals surface area contributed by atoms with E-state index >= 15 is 0 Å². The number of amides is 1. The molecule has 1 aromatic heterocycles. The molecule has 0 aliphatic carbocycles. The van der Waals surface area contributed by atoms with E-state index in [-0.39, 0.29) is 5.76 Å². The second-order valence-electron chi connectivity index (χ2n) is 4.68. The molecule has 3 rings (SSSR count). The second-order valence-corrected chi connectivity index (χ2v) is 4.68. The van der Waals surface area contributed by atoms with Crippen molar-refractivity contribution in [3.63, 3.8) is 0 Å². The minimum atomic E-state index is -0.604. The highest BCUT2D eigenvalue weighted by molar-refractivity contribution is 5.90. The molecule has 0 spiro atoms. The molecular weight excluding hydrogens is 242 g/mol. The van der Waals surface area contributed by atoms with Gasteiger partial charge in [0.25, 0.3) is 5.91 Å². The maximum Gasteiger partial charge on any atom is 0.287 e. The minimum Gasteiger partial charge on any atom is -0.372 e. The van der Waals surface area contributed by atoms with Crippen LogP contribution >= 0.6 is 0 Å². The van der Waals surface area contributed by atoms with Crippen LogP contribution < -0.4 is 10.6 Å². The number of hydrogen-bond acceptors (Lipinski definition) is 4. The Morgan fingerprint density at radius 3 is 2.47 bits per heavy atom. The molecule has 19 heavy (non-hydrogen) atoms. The zero-order valence-electron chi connectivity index (χ0n) is 10.5. The SMILES string of the molecule is NC(=O)c1cc(-c2ccc(N3CCCC3)cc2)no1. The third-order valence-electron chi connectivity index (χ3n) is 3.39. The van der Waals surface area contributed by atoms with Crippen molar-refractivity contribution in [3.05, 3.63) is 36.1 Å². The summed E-state index contributed by atoms with van der Waals surface area (Å²) in [4.78, 5) is 13.3. The van der Waals surface area contributed by atoms with Gasteiger partial charge in [0, 0.05) is 30.4 Å². The van der Waals surface area contributed by atoms with E-state index < -0.39 is 5.91 Å². The van der Waals surface area contributed by atoms with Crippen molar-refractivity contribution in [2.45, 2.75) is 12.8 Å². The number of hydrogen-bond donors (Lipinski definition) is 1. The Morgan fingerprint density at radius 1 is 1.21 bits per heavy atom. The molecule has 0 saturated carbocycles. The van der Waals surface area contributed by atoms with E-state index in [2.05, 4.69) is 22.2 Å². The Labute approximate surface area is 111 Å². The number of primary amides is 1. The van der Waals surface area contributed by atoms with Gasteiger partial charge in [0.05, 0.1) is 0 Å². The predicted octanol–water partition coefficient (Wildman–Crippen LogP) is 2.04. The maximum absolute atomic E-state index is 11.0. The highest BCUT2D eigenvalue weighted by Crippen LogP contribution is 2.25. The molecule has 1 aromatic carbocycles. The minimum absolute atomic E-state index is 0.0821. The third-order valence-corrected chi connectivity index (χ3v) is 3.39. The molecule has 1 amide bonds. The normalized spacial score (nSPS) is 14.8. The highest BCUT2D eigenvalue weighted by Gasteiger charge is 2.13. The molecule has 2 aromatic rings. The van der Waals surface area contributed by atoms with Crippen LogP contribution in [0.2, 0.25) is 0 Å². The summed E-state index contributed by atoms with van der Waals surface area (Å²) in [6.45, 7) is 2.24. The van der Waals surface area contributed by atoms with Gasteiger partial charge in [0.1, 0.15) is 5.69 Å². The van der Waals surface area contributed by atoms with Crippen LogP contribution in [0.3, 0.4) is 0 Å². The fourth-order valence-corrected chi connectivity index (χ4v) is 2.35. The molecule has 5 heteroatoms. The fourth-order valence-electron chi connectivity index (χ4n) is 2.35. The summed E-state index contributed by atoms with van der Waals surface area (Å²) in [5.41, 5.74) is 7.90. The number of rotatable bonds is 3. The van der Waals surface area contributed by atoms with Crippen LogP contribution in [0.15, 0.2) is 34.9 Å². The van der Waals surface area contributed by atoms with E-state index in [1.165, 1.54) is 18.5 Å². The Morgan fingerprint density at radius 2 is 1.89 bits per heavy atom. The van der Waals surface area contributed by atoms with Crippen molar-refractivity contribution in [3.8, 4) is 11.3 Å². The van der Waals surface area contributed by atoms with E-state index in [9.17, 15) is 4.79 Å². The lowest BCUT2D eigenvalue weighted by Crippen LogP contribution is -2.17. The molecule has 2 heterocycles. The molecule has 5 nitrogen and oxygen atoms in total. The Bertz CT molecular complexity index is 583. The van der Waals surface area contributed by atoms with E-state index in [0.29, 0.717) is 5.69 Å². The van der Waals surface area contributed by atoms with Crippen molar-refractivity contribution < 1.29 is 9.32 Å². The van der Waals surface area contributed by atoms with Gasteiger partial charge in [-0.2, -0.15) is 0 Å². The monoisotopic (exact) mass is 257 g/mol. The largest absolute Gasteiger partial charge is 0.372 e. The summed E-state index contributed by atoms with van der Waals surface area (Å²) in [6.07, 6.45) is 2.51. The van der Waals surface area contributed by atoms with E-state index in [1.807, 2.05) is 12.1 Å². The Hall–Kier alpha value is -2.30. The van der Waals surface area contributed by atoms with Crippen LogP contribution in [-0.2, 0) is 0 Å². The van der Waals surface area contributed by atoms with Crippen LogP contribution in [0.5, 0.6) is 0 Å². The van der Waals surface area contributed by atoms with Gasteiger partial charge < -0.3 is 15.2 Å². The van der Waals surface area contributed by atoms with Gasteiger partial charge in [-0.05, 0) is 25.0 Å². The van der Waals surface area contributed by atoms with Gasteiger partial charge in [-0.15, -0.1) is 0 Å². The topological polar surface area (TPSA) is 72.4 Å². The number of aromatic nitrogens is 1. The number of nitrogens with zero attached hydrogens (tertiary/aromatic N) is 2. The summed E-state index contributed by atoms with van der Waals surface area (Å²) in [7, 11) is 0. The van der Waals surface area contributed by atoms with Crippen molar-refractivity contribution >= 4 is 11.6 Å². The summed E-state index contributed by atoms with van der Waals surface area (Å²) < 4.78 is 4.88. The summed E-state index contributed by atoms with van der Waals surface area (Å²) in [6, 6.07) is 9.66. The molecule has 0 radical (unpaired) electrons. The summed E-state index contributed by atoms with van der Waals surface area (Å²) >= 11 is 0. The van der Waals surface area contributed by atoms with Crippen LogP contribution in [0, 0.1) is 0 Å². The van der Waals surface area contributed by atoms with Crippen LogP contribution in [0.4, 0.5) is 5.69 Å². The maximum atomic E-state index is 11.0. The number of carbonyl (C=O) groups excluding carboxylic acids is 1. The first-order valence-corrected chi connectivity index (χ1v) is 6.36. The van der Waals surface area contributed by atoms with Crippen LogP contribution in [0.1, 0.15) is 23.4 Å². The number of carbonyl (C=O) groups is 1. The average Bonchev–Trinajstić information content (AvgIpc) is 3.11. The van der Waals surface area contributed by atoms with Crippen LogP contribution in [-0.4, -0.2) is 24.2 Å². The number of anilines is 1. The molecule has 2 N–H and O–H groups in total. The first-order chi connectivity index (χ1) is 9.24. The lowest BCUT2D eigenvalue weighted by Gasteiger charge is -2.17. The van der Waals surface area contributed by atoms with Crippen molar-refractivity contribution in [1.82, 2.24) is 5.16 Å². The lowest BCUT2D eigenvalue weighted by atomic mass is 10.1. The third kappa shape index (κ3) is 2.31. The molecule has 1 fully saturated rings. The second kappa shape index (κ2) is 4.76. The van der Waals surface area contributed by atoms with E-state index in [1.54, 1.807) is 6.07 Å². The molecule has 1 aliphatic heterocycles. The molecule has 0 atom stereocenters. The quantitative estimate of drug-likeness (QED) is 0.913. The van der Waals surface area contributed by atoms with Gasteiger partial charge >= 0.3 is 0 Å². The van der Waals surface area contributed by atoms with E-state index in [0.717, 1.165) is 18.7 Å². The molecule has 0 bridgehead atoms. The highest BCUT2D eigenvalue weighted by atomic mass is 16.5. The molecule has 1 aliphatic rings. The van der Waals surface area contributed by atoms with Gasteiger partial charge in [-0.25, -0.2) is 0 Å². The number of benzene rings is 1. The van der Waals surface area contributed by atoms with Crippen molar-refractivity contribution in [1.29, 1.82) is 0 Å². The smallest absolute Gasteiger partial charge is 0.287 e. The zero-order chi connectivity index (χ0) is 13.2. The van der Waals surface area contributed by atoms with Crippen LogP contribution in [0.25, 0.3) is 11.3 Å². The molecule has 98 valence electrons. The first kappa shape index (κ1) is 11.8. The van der Waals surface area contributed by atoms with Gasteiger partial charge in [-0.3, -0.25) is 4.79 Å². The van der Waals surface area contributed by atoms with E-state index in [4.69, 9.17) is 10.3 Å². The molecular formula is C14H15N3O2.